The summed E-state index contributed by atoms with van der Waals surface area (Å²) in [6.45, 7) is 2.84. The summed E-state index contributed by atoms with van der Waals surface area (Å²) in [6.07, 6.45) is 3.82. The van der Waals surface area contributed by atoms with Crippen LogP contribution in [0.2, 0.25) is 5.02 Å². The highest BCUT2D eigenvalue weighted by Crippen LogP contribution is 2.48. The van der Waals surface area contributed by atoms with Gasteiger partial charge in [0.25, 0.3) is 0 Å². The number of rotatable bonds is 7. The van der Waals surface area contributed by atoms with Gasteiger partial charge in [0.05, 0.1) is 5.02 Å². The van der Waals surface area contributed by atoms with Crippen LogP contribution in [0, 0.1) is 5.41 Å². The van der Waals surface area contributed by atoms with Gasteiger partial charge in [-0.3, -0.25) is 0 Å². The summed E-state index contributed by atoms with van der Waals surface area (Å²) in [5.74, 6) is 0. The molecule has 1 saturated carbocycles. The van der Waals surface area contributed by atoms with Crippen LogP contribution in [0.5, 0.6) is 0 Å². The predicted molar refractivity (Wildman–Crippen MR) is 79.0 cm³/mol. The lowest BCUT2D eigenvalue weighted by Crippen LogP contribution is -2.24. The second kappa shape index (κ2) is 6.38. The standard InChI is InChI=1S/C14H19BrClNO/c1-18-7-6-14(4-5-14)10-17-9-11-2-3-13(16)12(15)8-11/h2-3,8,17H,4-7,9-10H2,1H3. The molecule has 2 rings (SSSR count). The van der Waals surface area contributed by atoms with Crippen molar-refractivity contribution in [2.45, 2.75) is 25.8 Å². The zero-order valence-electron chi connectivity index (χ0n) is 10.6. The monoisotopic (exact) mass is 331 g/mol. The van der Waals surface area contributed by atoms with Crippen molar-refractivity contribution >= 4 is 27.5 Å². The fourth-order valence-corrected chi connectivity index (χ4v) is 2.68. The first-order chi connectivity index (χ1) is 8.65. The van der Waals surface area contributed by atoms with Gasteiger partial charge in [0.1, 0.15) is 0 Å². The van der Waals surface area contributed by atoms with Crippen LogP contribution in [-0.2, 0) is 11.3 Å². The number of nitrogens with one attached hydrogen (secondary N) is 1. The summed E-state index contributed by atoms with van der Waals surface area (Å²) in [5.41, 5.74) is 1.76. The van der Waals surface area contributed by atoms with E-state index in [0.717, 1.165) is 29.2 Å². The third-order valence-electron chi connectivity index (χ3n) is 3.61. The van der Waals surface area contributed by atoms with Gasteiger partial charge in [-0.15, -0.1) is 0 Å². The molecule has 1 aromatic carbocycles. The minimum atomic E-state index is 0.500. The molecule has 0 aliphatic heterocycles. The van der Waals surface area contributed by atoms with Gasteiger partial charge >= 0.3 is 0 Å². The van der Waals surface area contributed by atoms with Gasteiger partial charge in [-0.1, -0.05) is 17.7 Å². The molecular formula is C14H19BrClNO. The van der Waals surface area contributed by atoms with Crippen molar-refractivity contribution in [3.8, 4) is 0 Å². The lowest BCUT2D eigenvalue weighted by Gasteiger charge is -2.15. The maximum atomic E-state index is 5.97. The molecule has 0 spiro atoms. The van der Waals surface area contributed by atoms with Crippen molar-refractivity contribution in [3.63, 3.8) is 0 Å². The number of hydrogen-bond donors (Lipinski definition) is 1. The predicted octanol–water partition coefficient (Wildman–Crippen LogP) is 4.01. The largest absolute Gasteiger partial charge is 0.385 e. The van der Waals surface area contributed by atoms with E-state index in [9.17, 15) is 0 Å². The summed E-state index contributed by atoms with van der Waals surface area (Å²) in [4.78, 5) is 0. The Labute approximate surface area is 122 Å². The molecular weight excluding hydrogens is 314 g/mol. The van der Waals surface area contributed by atoms with Gasteiger partial charge in [0.2, 0.25) is 0 Å². The number of benzene rings is 1. The van der Waals surface area contributed by atoms with Crippen LogP contribution in [0.3, 0.4) is 0 Å². The van der Waals surface area contributed by atoms with E-state index in [1.807, 2.05) is 6.07 Å². The molecule has 0 atom stereocenters. The van der Waals surface area contributed by atoms with Crippen LogP contribution in [0.4, 0.5) is 0 Å². The molecule has 1 N–H and O–H groups in total. The van der Waals surface area contributed by atoms with Crippen LogP contribution in [0.15, 0.2) is 22.7 Å². The smallest absolute Gasteiger partial charge is 0.0548 e. The highest BCUT2D eigenvalue weighted by molar-refractivity contribution is 9.10. The Morgan fingerprint density at radius 2 is 2.22 bits per heavy atom. The van der Waals surface area contributed by atoms with Crippen LogP contribution in [-0.4, -0.2) is 20.3 Å². The third kappa shape index (κ3) is 3.95. The number of ether oxygens (including phenoxy) is 1. The first-order valence-electron chi connectivity index (χ1n) is 6.29. The topological polar surface area (TPSA) is 21.3 Å². The molecule has 0 unspecified atom stereocenters. The molecule has 1 aromatic rings. The van der Waals surface area contributed by atoms with E-state index in [4.69, 9.17) is 16.3 Å². The Kier molecular flexibility index (Phi) is 5.07. The fourth-order valence-electron chi connectivity index (χ4n) is 2.13. The number of hydrogen-bond acceptors (Lipinski definition) is 2. The molecule has 4 heteroatoms. The summed E-state index contributed by atoms with van der Waals surface area (Å²) >= 11 is 9.42. The van der Waals surface area contributed by atoms with E-state index >= 15 is 0 Å². The van der Waals surface area contributed by atoms with Crippen LogP contribution in [0.25, 0.3) is 0 Å². The second-order valence-electron chi connectivity index (χ2n) is 5.09. The second-order valence-corrected chi connectivity index (χ2v) is 6.36. The van der Waals surface area contributed by atoms with E-state index < -0.39 is 0 Å². The molecule has 18 heavy (non-hydrogen) atoms. The van der Waals surface area contributed by atoms with E-state index in [1.165, 1.54) is 24.8 Å². The van der Waals surface area contributed by atoms with Crippen molar-refractivity contribution in [1.29, 1.82) is 0 Å². The van der Waals surface area contributed by atoms with Crippen molar-refractivity contribution in [2.75, 3.05) is 20.3 Å². The van der Waals surface area contributed by atoms with E-state index in [1.54, 1.807) is 7.11 Å². The van der Waals surface area contributed by atoms with Crippen molar-refractivity contribution < 1.29 is 4.74 Å². The van der Waals surface area contributed by atoms with Crippen LogP contribution in [0.1, 0.15) is 24.8 Å². The van der Waals surface area contributed by atoms with Gasteiger partial charge in [-0.05, 0) is 58.3 Å². The maximum Gasteiger partial charge on any atom is 0.0548 e. The maximum absolute atomic E-state index is 5.97. The summed E-state index contributed by atoms with van der Waals surface area (Å²) in [5, 5.41) is 4.30. The Balaban J connectivity index is 1.76. The molecule has 0 heterocycles. The fraction of sp³-hybridized carbons (Fsp3) is 0.571. The lowest BCUT2D eigenvalue weighted by atomic mass is 10.0. The van der Waals surface area contributed by atoms with Crippen molar-refractivity contribution in [1.82, 2.24) is 5.32 Å². The van der Waals surface area contributed by atoms with Crippen molar-refractivity contribution in [2.24, 2.45) is 5.41 Å². The zero-order valence-corrected chi connectivity index (χ0v) is 13.0. The number of halogens is 2. The average molecular weight is 333 g/mol. The average Bonchev–Trinajstić information content (AvgIpc) is 3.12. The molecule has 0 radical (unpaired) electrons. The first kappa shape index (κ1) is 14.3. The van der Waals surface area contributed by atoms with Gasteiger partial charge in [-0.25, -0.2) is 0 Å². The van der Waals surface area contributed by atoms with E-state index in [-0.39, 0.29) is 0 Å². The van der Waals surface area contributed by atoms with E-state index in [2.05, 4.69) is 33.4 Å². The highest BCUT2D eigenvalue weighted by atomic mass is 79.9. The van der Waals surface area contributed by atoms with Gasteiger partial charge in [0.15, 0.2) is 0 Å². The molecule has 1 fully saturated rings. The third-order valence-corrected chi connectivity index (χ3v) is 4.82. The Morgan fingerprint density at radius 1 is 1.44 bits per heavy atom. The first-order valence-corrected chi connectivity index (χ1v) is 7.46. The highest BCUT2D eigenvalue weighted by Gasteiger charge is 2.41. The van der Waals surface area contributed by atoms with Gasteiger partial charge in [-0.2, -0.15) is 0 Å². The minimum absolute atomic E-state index is 0.500. The molecule has 100 valence electrons. The van der Waals surface area contributed by atoms with Gasteiger partial charge in [0, 0.05) is 31.3 Å². The SMILES string of the molecule is COCCC1(CNCc2ccc(Cl)c(Br)c2)CC1. The Bertz CT molecular complexity index is 407. The zero-order chi connectivity index (χ0) is 13.0. The van der Waals surface area contributed by atoms with Crippen LogP contribution < -0.4 is 5.32 Å². The summed E-state index contributed by atoms with van der Waals surface area (Å²) < 4.78 is 6.12. The molecule has 0 saturated heterocycles. The molecule has 0 aromatic heterocycles. The number of methoxy groups -OCH3 is 1. The Morgan fingerprint density at radius 3 is 2.83 bits per heavy atom. The van der Waals surface area contributed by atoms with Gasteiger partial charge < -0.3 is 10.1 Å². The summed E-state index contributed by atoms with van der Waals surface area (Å²) in [6, 6.07) is 6.07. The van der Waals surface area contributed by atoms with Crippen LogP contribution >= 0.6 is 27.5 Å². The molecule has 0 amide bonds. The summed E-state index contributed by atoms with van der Waals surface area (Å²) in [7, 11) is 1.77. The lowest BCUT2D eigenvalue weighted by molar-refractivity contribution is 0.171. The quantitative estimate of drug-likeness (QED) is 0.814. The molecule has 1 aliphatic rings. The van der Waals surface area contributed by atoms with E-state index in [0.29, 0.717) is 5.41 Å². The molecule has 2 nitrogen and oxygen atoms in total. The normalized spacial score (nSPS) is 16.8. The molecule has 1 aliphatic carbocycles. The minimum Gasteiger partial charge on any atom is -0.385 e. The molecule has 0 bridgehead atoms. The Hall–Kier alpha value is -0.0900. The van der Waals surface area contributed by atoms with Crippen molar-refractivity contribution in [3.05, 3.63) is 33.3 Å².